The highest BCUT2D eigenvalue weighted by Gasteiger charge is 2.04. The molecule has 0 fully saturated rings. The minimum Gasteiger partial charge on any atom is -0.489 e. The molecule has 0 aliphatic carbocycles. The number of benzene rings is 2. The summed E-state index contributed by atoms with van der Waals surface area (Å²) in [4.78, 5) is 0. The number of ether oxygens (including phenoxy) is 2. The van der Waals surface area contributed by atoms with E-state index in [9.17, 15) is 0 Å². The average Bonchev–Trinajstić information content (AvgIpc) is 2.54. The van der Waals surface area contributed by atoms with Crippen LogP contribution in [-0.4, -0.2) is 20.3 Å². The summed E-state index contributed by atoms with van der Waals surface area (Å²) in [7, 11) is 1.71. The van der Waals surface area contributed by atoms with Crippen LogP contribution in [0, 0.1) is 0 Å². The lowest BCUT2D eigenvalue weighted by Crippen LogP contribution is -2.22. The van der Waals surface area contributed by atoms with Crippen molar-refractivity contribution in [3.05, 3.63) is 65.7 Å². The first kappa shape index (κ1) is 15.5. The van der Waals surface area contributed by atoms with Gasteiger partial charge in [0.25, 0.3) is 0 Å². The summed E-state index contributed by atoms with van der Waals surface area (Å²) in [5, 5.41) is 3.41. The first-order chi connectivity index (χ1) is 10.3. The minimum atomic E-state index is 0.309. The number of hydrogen-bond acceptors (Lipinski definition) is 3. The third kappa shape index (κ3) is 5.21. The largest absolute Gasteiger partial charge is 0.489 e. The van der Waals surface area contributed by atoms with E-state index in [4.69, 9.17) is 9.47 Å². The Hall–Kier alpha value is -1.84. The van der Waals surface area contributed by atoms with Crippen LogP contribution < -0.4 is 10.1 Å². The molecule has 0 bridgehead atoms. The third-order valence-corrected chi connectivity index (χ3v) is 3.39. The van der Waals surface area contributed by atoms with Crippen molar-refractivity contribution in [3.8, 4) is 5.75 Å². The van der Waals surface area contributed by atoms with Crippen molar-refractivity contribution in [2.75, 3.05) is 20.3 Å². The molecular weight excluding hydrogens is 262 g/mol. The molecule has 0 aliphatic rings. The van der Waals surface area contributed by atoms with Gasteiger partial charge < -0.3 is 14.8 Å². The monoisotopic (exact) mass is 285 g/mol. The van der Waals surface area contributed by atoms with Crippen LogP contribution in [0.3, 0.4) is 0 Å². The second-order valence-electron chi connectivity index (χ2n) is 5.01. The number of rotatable bonds is 8. The summed E-state index contributed by atoms with van der Waals surface area (Å²) in [6.45, 7) is 4.32. The Balaban J connectivity index is 1.84. The Morgan fingerprint density at radius 1 is 1.00 bits per heavy atom. The molecule has 0 saturated heterocycles. The van der Waals surface area contributed by atoms with E-state index in [1.54, 1.807) is 7.11 Å². The van der Waals surface area contributed by atoms with Crippen LogP contribution in [0.15, 0.2) is 54.6 Å². The van der Waals surface area contributed by atoms with Crippen LogP contribution in [-0.2, 0) is 11.3 Å². The first-order valence-electron chi connectivity index (χ1n) is 7.28. The van der Waals surface area contributed by atoms with E-state index < -0.39 is 0 Å². The van der Waals surface area contributed by atoms with Crippen LogP contribution in [0.5, 0.6) is 5.75 Å². The number of hydrogen-bond donors (Lipinski definition) is 1. The quantitative estimate of drug-likeness (QED) is 0.752. The Morgan fingerprint density at radius 2 is 1.71 bits per heavy atom. The third-order valence-electron chi connectivity index (χ3n) is 3.39. The molecule has 3 heteroatoms. The van der Waals surface area contributed by atoms with Gasteiger partial charge in [-0.15, -0.1) is 0 Å². The van der Waals surface area contributed by atoms with Gasteiger partial charge in [0, 0.05) is 19.7 Å². The van der Waals surface area contributed by atoms with Crippen LogP contribution in [0.2, 0.25) is 0 Å². The van der Waals surface area contributed by atoms with Crippen molar-refractivity contribution in [1.29, 1.82) is 0 Å². The zero-order valence-corrected chi connectivity index (χ0v) is 12.7. The summed E-state index contributed by atoms with van der Waals surface area (Å²) < 4.78 is 10.8. The van der Waals surface area contributed by atoms with Crippen LogP contribution in [0.4, 0.5) is 0 Å². The zero-order chi connectivity index (χ0) is 14.9. The SMILES string of the molecule is COCCNC(C)c1ccc(OCc2ccccc2)cc1. The van der Waals surface area contributed by atoms with E-state index in [1.165, 1.54) is 11.1 Å². The molecule has 0 saturated carbocycles. The standard InChI is InChI=1S/C18H23NO2/c1-15(19-12-13-20-2)17-8-10-18(11-9-17)21-14-16-6-4-3-5-7-16/h3-11,15,19H,12-14H2,1-2H3. The number of methoxy groups -OCH3 is 1. The van der Waals surface area contributed by atoms with Gasteiger partial charge in [-0.3, -0.25) is 0 Å². The van der Waals surface area contributed by atoms with Gasteiger partial charge >= 0.3 is 0 Å². The second-order valence-corrected chi connectivity index (χ2v) is 5.01. The zero-order valence-electron chi connectivity index (χ0n) is 12.7. The topological polar surface area (TPSA) is 30.5 Å². The molecule has 0 amide bonds. The summed E-state index contributed by atoms with van der Waals surface area (Å²) in [5.41, 5.74) is 2.43. The van der Waals surface area contributed by atoms with Crippen LogP contribution >= 0.6 is 0 Å². The van der Waals surface area contributed by atoms with Crippen molar-refractivity contribution in [3.63, 3.8) is 0 Å². The molecule has 2 aromatic carbocycles. The molecule has 21 heavy (non-hydrogen) atoms. The Morgan fingerprint density at radius 3 is 2.38 bits per heavy atom. The van der Waals surface area contributed by atoms with Gasteiger partial charge in [-0.05, 0) is 30.2 Å². The average molecular weight is 285 g/mol. The maximum atomic E-state index is 5.78. The van der Waals surface area contributed by atoms with E-state index in [1.807, 2.05) is 30.3 Å². The number of nitrogens with one attached hydrogen (secondary N) is 1. The second kappa shape index (κ2) is 8.45. The van der Waals surface area contributed by atoms with Gasteiger partial charge in [0.2, 0.25) is 0 Å². The molecule has 0 aliphatic heterocycles. The predicted molar refractivity (Wildman–Crippen MR) is 85.5 cm³/mol. The fourth-order valence-electron chi connectivity index (χ4n) is 2.09. The maximum Gasteiger partial charge on any atom is 0.119 e. The van der Waals surface area contributed by atoms with Gasteiger partial charge in [0.1, 0.15) is 12.4 Å². The molecule has 3 nitrogen and oxygen atoms in total. The summed E-state index contributed by atoms with van der Waals surface area (Å²) in [5.74, 6) is 0.895. The highest BCUT2D eigenvalue weighted by atomic mass is 16.5. The van der Waals surface area contributed by atoms with Gasteiger partial charge in [-0.25, -0.2) is 0 Å². The van der Waals surface area contributed by atoms with Gasteiger partial charge in [0.05, 0.1) is 6.61 Å². The first-order valence-corrected chi connectivity index (χ1v) is 7.28. The van der Waals surface area contributed by atoms with E-state index >= 15 is 0 Å². The molecule has 0 radical (unpaired) electrons. The summed E-state index contributed by atoms with van der Waals surface area (Å²) in [6.07, 6.45) is 0. The Bertz CT molecular complexity index is 511. The molecule has 0 aromatic heterocycles. The predicted octanol–water partition coefficient (Wildman–Crippen LogP) is 3.56. The smallest absolute Gasteiger partial charge is 0.119 e. The van der Waals surface area contributed by atoms with Crippen molar-refractivity contribution < 1.29 is 9.47 Å². The lowest BCUT2D eigenvalue weighted by molar-refractivity contribution is 0.196. The van der Waals surface area contributed by atoms with Crippen molar-refractivity contribution >= 4 is 0 Å². The molecule has 2 rings (SSSR count). The molecular formula is C18H23NO2. The lowest BCUT2D eigenvalue weighted by atomic mass is 10.1. The minimum absolute atomic E-state index is 0.309. The molecule has 0 spiro atoms. The van der Waals surface area contributed by atoms with Crippen LogP contribution in [0.25, 0.3) is 0 Å². The Labute approximate surface area is 126 Å². The molecule has 1 N–H and O–H groups in total. The van der Waals surface area contributed by atoms with E-state index in [-0.39, 0.29) is 0 Å². The maximum absolute atomic E-state index is 5.78. The molecule has 2 aromatic rings. The summed E-state index contributed by atoms with van der Waals surface area (Å²) >= 11 is 0. The highest BCUT2D eigenvalue weighted by molar-refractivity contribution is 5.29. The van der Waals surface area contributed by atoms with E-state index in [0.717, 1.165) is 18.9 Å². The van der Waals surface area contributed by atoms with E-state index in [2.05, 4.69) is 36.5 Å². The van der Waals surface area contributed by atoms with Crippen molar-refractivity contribution in [2.24, 2.45) is 0 Å². The molecule has 1 unspecified atom stereocenters. The Kier molecular flexibility index (Phi) is 6.25. The van der Waals surface area contributed by atoms with Gasteiger partial charge in [-0.1, -0.05) is 42.5 Å². The molecule has 112 valence electrons. The van der Waals surface area contributed by atoms with Crippen molar-refractivity contribution in [2.45, 2.75) is 19.6 Å². The fourth-order valence-corrected chi connectivity index (χ4v) is 2.09. The highest BCUT2D eigenvalue weighted by Crippen LogP contribution is 2.18. The van der Waals surface area contributed by atoms with Crippen molar-refractivity contribution in [1.82, 2.24) is 5.32 Å². The normalized spacial score (nSPS) is 12.1. The fraction of sp³-hybridized carbons (Fsp3) is 0.333. The molecule has 1 atom stereocenters. The molecule has 0 heterocycles. The van der Waals surface area contributed by atoms with Crippen LogP contribution in [0.1, 0.15) is 24.1 Å². The van der Waals surface area contributed by atoms with E-state index in [0.29, 0.717) is 12.6 Å². The van der Waals surface area contributed by atoms with Gasteiger partial charge in [-0.2, -0.15) is 0 Å². The lowest BCUT2D eigenvalue weighted by Gasteiger charge is -2.14. The van der Waals surface area contributed by atoms with Gasteiger partial charge in [0.15, 0.2) is 0 Å². The summed E-state index contributed by atoms with van der Waals surface area (Å²) in [6, 6.07) is 18.7.